The molecule has 0 bridgehead atoms. The number of rotatable bonds is 5. The summed E-state index contributed by atoms with van der Waals surface area (Å²) in [6.45, 7) is 4.07. The minimum atomic E-state index is -0.619. The quantitative estimate of drug-likeness (QED) is 0.567. The lowest BCUT2D eigenvalue weighted by Crippen LogP contribution is -2.47. The molecule has 8 heteroatoms. The van der Waals surface area contributed by atoms with E-state index in [2.05, 4.69) is 20.1 Å². The van der Waals surface area contributed by atoms with Crippen molar-refractivity contribution in [3.63, 3.8) is 0 Å². The van der Waals surface area contributed by atoms with Crippen molar-refractivity contribution in [1.29, 1.82) is 0 Å². The van der Waals surface area contributed by atoms with Gasteiger partial charge in [-0.3, -0.25) is 9.69 Å². The van der Waals surface area contributed by atoms with Crippen molar-refractivity contribution in [2.45, 2.75) is 6.42 Å². The fourth-order valence-corrected chi connectivity index (χ4v) is 4.73. The fraction of sp³-hybridized carbons (Fsp3) is 0.308. The molecule has 176 valence electrons. The zero-order chi connectivity index (χ0) is 23.7. The molecule has 1 saturated heterocycles. The van der Waals surface area contributed by atoms with Crippen LogP contribution >= 0.6 is 0 Å². The number of benzene rings is 2. The first-order valence-corrected chi connectivity index (χ1v) is 11.5. The highest BCUT2D eigenvalue weighted by molar-refractivity contribution is 5.97. The third kappa shape index (κ3) is 4.33. The molecule has 0 atom stereocenters. The molecule has 0 radical (unpaired) electrons. The number of pyridine rings is 1. The number of carbonyl (C=O) groups is 1. The van der Waals surface area contributed by atoms with E-state index in [-0.39, 0.29) is 18.4 Å². The molecule has 0 saturated carbocycles. The van der Waals surface area contributed by atoms with Gasteiger partial charge >= 0.3 is 0 Å². The maximum Gasteiger partial charge on any atom is 0.251 e. The Kier molecular flexibility index (Phi) is 6.15. The van der Waals surface area contributed by atoms with Gasteiger partial charge in [-0.15, -0.1) is 0 Å². The SMILES string of the molecule is Nc1nc(F)c(-c2ccc(N3CCN(CCF)CC3)cc2)cc1-c1ccc2c(c1)CCNC2=O. The molecular formula is C26H27F2N5O. The van der Waals surface area contributed by atoms with E-state index >= 15 is 0 Å². The summed E-state index contributed by atoms with van der Waals surface area (Å²) in [6.07, 6.45) is 0.736. The van der Waals surface area contributed by atoms with Crippen LogP contribution in [-0.2, 0) is 6.42 Å². The van der Waals surface area contributed by atoms with E-state index in [9.17, 15) is 13.6 Å². The van der Waals surface area contributed by atoms with Crippen molar-refractivity contribution in [3.05, 3.63) is 65.6 Å². The van der Waals surface area contributed by atoms with Crippen molar-refractivity contribution in [1.82, 2.24) is 15.2 Å². The van der Waals surface area contributed by atoms with Crippen molar-refractivity contribution in [3.8, 4) is 22.3 Å². The van der Waals surface area contributed by atoms with Gasteiger partial charge in [0.2, 0.25) is 5.95 Å². The average Bonchev–Trinajstić information content (AvgIpc) is 2.85. The number of nitrogens with two attached hydrogens (primary N) is 1. The zero-order valence-electron chi connectivity index (χ0n) is 18.9. The monoisotopic (exact) mass is 463 g/mol. The third-order valence-electron chi connectivity index (χ3n) is 6.66. The lowest BCUT2D eigenvalue weighted by atomic mass is 9.94. The van der Waals surface area contributed by atoms with E-state index in [1.807, 2.05) is 36.4 Å². The van der Waals surface area contributed by atoms with Gasteiger partial charge in [0.05, 0.1) is 0 Å². The molecule has 0 spiro atoms. The lowest BCUT2D eigenvalue weighted by molar-refractivity contribution is 0.0946. The highest BCUT2D eigenvalue weighted by Crippen LogP contribution is 2.34. The second kappa shape index (κ2) is 9.38. The molecule has 1 aromatic heterocycles. The number of aromatic nitrogens is 1. The number of alkyl halides is 1. The minimum Gasteiger partial charge on any atom is -0.383 e. The molecule has 2 aliphatic rings. The van der Waals surface area contributed by atoms with Crippen molar-refractivity contribution >= 4 is 17.4 Å². The van der Waals surface area contributed by atoms with Crippen LogP contribution in [0.5, 0.6) is 0 Å². The van der Waals surface area contributed by atoms with Crippen LogP contribution in [0.3, 0.4) is 0 Å². The van der Waals surface area contributed by atoms with Crippen LogP contribution in [0.2, 0.25) is 0 Å². The normalized spacial score (nSPS) is 16.3. The fourth-order valence-electron chi connectivity index (χ4n) is 4.73. The predicted octanol–water partition coefficient (Wildman–Crippen LogP) is 3.51. The van der Waals surface area contributed by atoms with Crippen LogP contribution < -0.4 is 16.0 Å². The van der Waals surface area contributed by atoms with Crippen molar-refractivity contribution in [2.24, 2.45) is 0 Å². The molecule has 0 aliphatic carbocycles. The van der Waals surface area contributed by atoms with E-state index < -0.39 is 5.95 Å². The first-order valence-electron chi connectivity index (χ1n) is 11.5. The molecule has 3 N–H and O–H groups in total. The number of piperazine rings is 1. The number of hydrogen-bond acceptors (Lipinski definition) is 5. The summed E-state index contributed by atoms with van der Waals surface area (Å²) in [5, 5.41) is 2.84. The number of hydrogen-bond donors (Lipinski definition) is 2. The molecule has 34 heavy (non-hydrogen) atoms. The van der Waals surface area contributed by atoms with Gasteiger partial charge in [0.25, 0.3) is 5.91 Å². The molecule has 1 amide bonds. The van der Waals surface area contributed by atoms with Gasteiger partial charge in [-0.25, -0.2) is 9.37 Å². The molecule has 2 aromatic carbocycles. The third-order valence-corrected chi connectivity index (χ3v) is 6.66. The summed E-state index contributed by atoms with van der Waals surface area (Å²) in [5.41, 5.74) is 11.3. The molecule has 5 rings (SSSR count). The molecule has 6 nitrogen and oxygen atoms in total. The van der Waals surface area contributed by atoms with Gasteiger partial charge in [-0.1, -0.05) is 24.3 Å². The Hall–Kier alpha value is -3.52. The Labute approximate surface area is 197 Å². The van der Waals surface area contributed by atoms with Crippen LogP contribution in [0.15, 0.2) is 48.5 Å². The summed E-state index contributed by atoms with van der Waals surface area (Å²) < 4.78 is 27.4. The zero-order valence-corrected chi connectivity index (χ0v) is 18.9. The summed E-state index contributed by atoms with van der Waals surface area (Å²) in [5.74, 6) is -0.585. The van der Waals surface area contributed by atoms with Crippen molar-refractivity contribution in [2.75, 3.05) is 56.6 Å². The van der Waals surface area contributed by atoms with Crippen LogP contribution in [0.25, 0.3) is 22.3 Å². The Morgan fingerprint density at radius 3 is 2.41 bits per heavy atom. The van der Waals surface area contributed by atoms with Crippen LogP contribution in [0.4, 0.5) is 20.3 Å². The maximum atomic E-state index is 14.8. The standard InChI is InChI=1S/C26H27F2N5O/c27-8-10-32-11-13-33(14-12-32)20-4-1-17(2-5-20)22-16-23(25(29)31-24(22)28)18-3-6-21-19(15-18)7-9-30-26(21)34/h1-6,15-16H,7-14H2,(H2,29,31)(H,30,34). The Bertz CT molecular complexity index is 1210. The first kappa shape index (κ1) is 22.3. The number of halogens is 2. The number of carbonyl (C=O) groups excluding carboxylic acids is 1. The lowest BCUT2D eigenvalue weighted by Gasteiger charge is -2.35. The second-order valence-corrected chi connectivity index (χ2v) is 8.70. The highest BCUT2D eigenvalue weighted by Gasteiger charge is 2.20. The number of nitrogen functional groups attached to an aromatic ring is 1. The smallest absolute Gasteiger partial charge is 0.251 e. The maximum absolute atomic E-state index is 14.8. The number of fused-ring (bicyclic) bond motifs is 1. The van der Waals surface area contributed by atoms with Gasteiger partial charge in [-0.2, -0.15) is 4.39 Å². The summed E-state index contributed by atoms with van der Waals surface area (Å²) >= 11 is 0. The number of anilines is 2. The molecule has 1 fully saturated rings. The largest absolute Gasteiger partial charge is 0.383 e. The molecule has 3 aromatic rings. The van der Waals surface area contributed by atoms with Crippen LogP contribution in [-0.4, -0.2) is 61.7 Å². The average molecular weight is 464 g/mol. The molecule has 2 aliphatic heterocycles. The van der Waals surface area contributed by atoms with Crippen molar-refractivity contribution < 1.29 is 13.6 Å². The molecule has 3 heterocycles. The van der Waals surface area contributed by atoms with Gasteiger partial charge < -0.3 is 16.0 Å². The minimum absolute atomic E-state index is 0.0809. The van der Waals surface area contributed by atoms with Gasteiger partial charge in [0.15, 0.2) is 0 Å². The second-order valence-electron chi connectivity index (χ2n) is 8.70. The summed E-state index contributed by atoms with van der Waals surface area (Å²) in [4.78, 5) is 20.4. The van der Waals surface area contributed by atoms with Crippen LogP contribution in [0.1, 0.15) is 15.9 Å². The summed E-state index contributed by atoms with van der Waals surface area (Å²) in [6, 6.07) is 15.0. The van der Waals surface area contributed by atoms with Gasteiger partial charge in [-0.05, 0) is 47.4 Å². The van der Waals surface area contributed by atoms with E-state index in [1.165, 1.54) is 0 Å². The molecule has 0 unspecified atom stereocenters. The van der Waals surface area contributed by atoms with E-state index in [0.717, 1.165) is 49.4 Å². The topological polar surface area (TPSA) is 74.5 Å². The van der Waals surface area contributed by atoms with E-state index in [1.54, 1.807) is 12.1 Å². The Balaban J connectivity index is 1.41. The Morgan fingerprint density at radius 2 is 1.68 bits per heavy atom. The molecular weight excluding hydrogens is 436 g/mol. The number of amides is 1. The highest BCUT2D eigenvalue weighted by atomic mass is 19.1. The Morgan fingerprint density at radius 1 is 0.941 bits per heavy atom. The van der Waals surface area contributed by atoms with E-state index in [4.69, 9.17) is 5.73 Å². The van der Waals surface area contributed by atoms with Crippen LogP contribution in [0, 0.1) is 5.95 Å². The number of nitrogens with one attached hydrogen (secondary N) is 1. The first-order chi connectivity index (χ1) is 16.5. The predicted molar refractivity (Wildman–Crippen MR) is 130 cm³/mol. The van der Waals surface area contributed by atoms with Gasteiger partial charge in [0, 0.05) is 61.6 Å². The number of nitrogens with zero attached hydrogens (tertiary/aromatic N) is 3. The summed E-state index contributed by atoms with van der Waals surface area (Å²) in [7, 11) is 0. The van der Waals surface area contributed by atoms with E-state index in [0.29, 0.717) is 35.3 Å². The van der Waals surface area contributed by atoms with Gasteiger partial charge in [0.1, 0.15) is 12.5 Å².